The van der Waals surface area contributed by atoms with E-state index in [9.17, 15) is 14.3 Å². The highest BCUT2D eigenvalue weighted by Crippen LogP contribution is 2.09. The molecular weight excluding hydrogens is 273 g/mol. The van der Waals surface area contributed by atoms with E-state index in [4.69, 9.17) is 0 Å². The third-order valence-corrected chi connectivity index (χ3v) is 2.57. The van der Waals surface area contributed by atoms with Gasteiger partial charge in [-0.3, -0.25) is 4.79 Å². The lowest BCUT2D eigenvalue weighted by Gasteiger charge is -2.04. The van der Waals surface area contributed by atoms with Gasteiger partial charge < -0.3 is 10.4 Å². The molecule has 1 amide bonds. The Morgan fingerprint density at radius 1 is 1.24 bits per heavy atom. The third kappa shape index (κ3) is 4.94. The van der Waals surface area contributed by atoms with Gasteiger partial charge in [0.15, 0.2) is 0 Å². The molecule has 0 spiro atoms. The Morgan fingerprint density at radius 3 is 2.71 bits per heavy atom. The van der Waals surface area contributed by atoms with Crippen molar-refractivity contribution < 1.29 is 14.3 Å². The summed E-state index contributed by atoms with van der Waals surface area (Å²) in [5, 5.41) is 15.9. The standard InChI is InChI=1S/C15H14FN3O2/c16-12-4-6-13(7-5-12)17-10-15(21)19-18-9-11-2-1-3-14(20)8-11/h1-9,17,20H,10H2,(H,19,21)/b18-9+. The van der Waals surface area contributed by atoms with E-state index < -0.39 is 0 Å². The molecule has 2 aromatic rings. The minimum absolute atomic E-state index is 0.0169. The molecule has 0 aliphatic heterocycles. The van der Waals surface area contributed by atoms with Gasteiger partial charge in [0.05, 0.1) is 12.8 Å². The number of hydrogen-bond acceptors (Lipinski definition) is 4. The SMILES string of the molecule is O=C(CNc1ccc(F)cc1)N/N=C/c1cccc(O)c1. The molecule has 6 heteroatoms. The van der Waals surface area contributed by atoms with E-state index in [0.29, 0.717) is 11.3 Å². The van der Waals surface area contributed by atoms with Crippen LogP contribution in [0.4, 0.5) is 10.1 Å². The van der Waals surface area contributed by atoms with E-state index in [-0.39, 0.29) is 24.0 Å². The lowest BCUT2D eigenvalue weighted by Crippen LogP contribution is -2.25. The second-order valence-electron chi connectivity index (χ2n) is 4.25. The number of carbonyl (C=O) groups excluding carboxylic acids is 1. The van der Waals surface area contributed by atoms with E-state index in [2.05, 4.69) is 15.8 Å². The summed E-state index contributed by atoms with van der Waals surface area (Å²) in [6.07, 6.45) is 1.43. The summed E-state index contributed by atoms with van der Waals surface area (Å²) < 4.78 is 12.7. The van der Waals surface area contributed by atoms with Crippen LogP contribution in [0.5, 0.6) is 5.75 Å². The number of benzene rings is 2. The van der Waals surface area contributed by atoms with Crippen LogP contribution in [0.25, 0.3) is 0 Å². The largest absolute Gasteiger partial charge is 0.508 e. The lowest BCUT2D eigenvalue weighted by molar-refractivity contribution is -0.119. The van der Waals surface area contributed by atoms with E-state index in [0.717, 1.165) is 0 Å². The van der Waals surface area contributed by atoms with Crippen LogP contribution in [0, 0.1) is 5.82 Å². The number of carbonyl (C=O) groups is 1. The van der Waals surface area contributed by atoms with Crippen molar-refractivity contribution >= 4 is 17.8 Å². The number of phenolic OH excluding ortho intramolecular Hbond substituents is 1. The monoisotopic (exact) mass is 287 g/mol. The van der Waals surface area contributed by atoms with Gasteiger partial charge in [-0.2, -0.15) is 5.10 Å². The number of phenols is 1. The first-order chi connectivity index (χ1) is 10.1. The van der Waals surface area contributed by atoms with E-state index >= 15 is 0 Å². The van der Waals surface area contributed by atoms with Crippen LogP contribution in [0.1, 0.15) is 5.56 Å². The Hall–Kier alpha value is -2.89. The smallest absolute Gasteiger partial charge is 0.259 e. The number of halogens is 1. The molecule has 3 N–H and O–H groups in total. The molecule has 0 aromatic heterocycles. The van der Waals surface area contributed by atoms with Crippen LogP contribution < -0.4 is 10.7 Å². The number of anilines is 1. The highest BCUT2D eigenvalue weighted by Gasteiger charge is 1.99. The second-order valence-corrected chi connectivity index (χ2v) is 4.25. The summed E-state index contributed by atoms with van der Waals surface area (Å²) in [7, 11) is 0. The third-order valence-electron chi connectivity index (χ3n) is 2.57. The van der Waals surface area contributed by atoms with Gasteiger partial charge >= 0.3 is 0 Å². The summed E-state index contributed by atoms with van der Waals surface area (Å²) in [4.78, 5) is 11.5. The molecule has 0 aliphatic rings. The molecule has 0 aliphatic carbocycles. The maximum atomic E-state index is 12.7. The van der Waals surface area contributed by atoms with E-state index in [1.807, 2.05) is 0 Å². The molecule has 0 heterocycles. The number of hydrazone groups is 1. The average Bonchev–Trinajstić information content (AvgIpc) is 2.47. The topological polar surface area (TPSA) is 73.7 Å². The number of hydrogen-bond donors (Lipinski definition) is 3. The Bertz CT molecular complexity index is 642. The van der Waals surface area contributed by atoms with Crippen LogP contribution in [-0.4, -0.2) is 23.8 Å². The van der Waals surface area contributed by atoms with Gasteiger partial charge in [0.25, 0.3) is 5.91 Å². The Labute approximate surface area is 121 Å². The molecule has 0 saturated heterocycles. The summed E-state index contributed by atoms with van der Waals surface area (Å²) in [5.74, 6) is -0.542. The molecule has 0 radical (unpaired) electrons. The van der Waals surface area contributed by atoms with Crippen LogP contribution >= 0.6 is 0 Å². The van der Waals surface area contributed by atoms with E-state index in [1.54, 1.807) is 30.3 Å². The number of aromatic hydroxyl groups is 1. The van der Waals surface area contributed by atoms with Crippen molar-refractivity contribution in [1.29, 1.82) is 0 Å². The van der Waals surface area contributed by atoms with Crippen molar-refractivity contribution in [3.05, 3.63) is 59.9 Å². The van der Waals surface area contributed by atoms with Gasteiger partial charge in [-0.05, 0) is 42.0 Å². The van der Waals surface area contributed by atoms with Crippen molar-refractivity contribution in [3.8, 4) is 5.75 Å². The van der Waals surface area contributed by atoms with Gasteiger partial charge in [-0.1, -0.05) is 12.1 Å². The summed E-state index contributed by atoms with van der Waals surface area (Å²) in [5.41, 5.74) is 3.66. The fourth-order valence-electron chi connectivity index (χ4n) is 1.57. The van der Waals surface area contributed by atoms with Gasteiger partial charge in [0.2, 0.25) is 0 Å². The number of rotatable bonds is 5. The fourth-order valence-corrected chi connectivity index (χ4v) is 1.57. The zero-order chi connectivity index (χ0) is 15.1. The molecule has 108 valence electrons. The summed E-state index contributed by atoms with van der Waals surface area (Å²) in [6, 6.07) is 12.2. The zero-order valence-corrected chi connectivity index (χ0v) is 11.1. The summed E-state index contributed by atoms with van der Waals surface area (Å²) in [6.45, 7) is 0.0169. The zero-order valence-electron chi connectivity index (χ0n) is 11.1. The van der Waals surface area contributed by atoms with Crippen molar-refractivity contribution in [2.24, 2.45) is 5.10 Å². The van der Waals surface area contributed by atoms with Gasteiger partial charge in [0, 0.05) is 5.69 Å². The molecular formula is C15H14FN3O2. The molecule has 0 bridgehead atoms. The van der Waals surface area contributed by atoms with Gasteiger partial charge in [0.1, 0.15) is 11.6 Å². The first-order valence-electron chi connectivity index (χ1n) is 6.24. The molecule has 0 fully saturated rings. The number of nitrogens with zero attached hydrogens (tertiary/aromatic N) is 1. The van der Waals surface area contributed by atoms with Gasteiger partial charge in [-0.15, -0.1) is 0 Å². The molecule has 2 aromatic carbocycles. The molecule has 0 saturated carbocycles. The van der Waals surface area contributed by atoms with Crippen LogP contribution in [-0.2, 0) is 4.79 Å². The van der Waals surface area contributed by atoms with Crippen LogP contribution in [0.15, 0.2) is 53.6 Å². The van der Waals surface area contributed by atoms with Crippen LogP contribution in [0.3, 0.4) is 0 Å². The Morgan fingerprint density at radius 2 is 2.00 bits per heavy atom. The number of amides is 1. The van der Waals surface area contributed by atoms with Gasteiger partial charge in [-0.25, -0.2) is 9.82 Å². The average molecular weight is 287 g/mol. The normalized spacial score (nSPS) is 10.5. The lowest BCUT2D eigenvalue weighted by atomic mass is 10.2. The van der Waals surface area contributed by atoms with E-state index in [1.165, 1.54) is 24.4 Å². The van der Waals surface area contributed by atoms with Crippen molar-refractivity contribution in [1.82, 2.24) is 5.43 Å². The fraction of sp³-hybridized carbons (Fsp3) is 0.0667. The van der Waals surface area contributed by atoms with Crippen molar-refractivity contribution in [3.63, 3.8) is 0 Å². The maximum absolute atomic E-state index is 12.7. The van der Waals surface area contributed by atoms with Crippen molar-refractivity contribution in [2.75, 3.05) is 11.9 Å². The predicted octanol–water partition coefficient (Wildman–Crippen LogP) is 2.09. The molecule has 0 atom stereocenters. The quantitative estimate of drug-likeness (QED) is 0.582. The maximum Gasteiger partial charge on any atom is 0.259 e. The van der Waals surface area contributed by atoms with Crippen LogP contribution in [0.2, 0.25) is 0 Å². The molecule has 0 unspecified atom stereocenters. The minimum Gasteiger partial charge on any atom is -0.508 e. The second kappa shape index (κ2) is 7.04. The first-order valence-corrected chi connectivity index (χ1v) is 6.24. The highest BCUT2D eigenvalue weighted by atomic mass is 19.1. The molecule has 21 heavy (non-hydrogen) atoms. The van der Waals surface area contributed by atoms with Crippen molar-refractivity contribution in [2.45, 2.75) is 0 Å². The minimum atomic E-state index is -0.337. The molecule has 2 rings (SSSR count). The predicted molar refractivity (Wildman–Crippen MR) is 78.7 cm³/mol. The molecule has 5 nitrogen and oxygen atoms in total. The first kappa shape index (κ1) is 14.5. The Balaban J connectivity index is 1.78. The highest BCUT2D eigenvalue weighted by molar-refractivity contribution is 5.84. The Kier molecular flexibility index (Phi) is 4.87. The number of nitrogens with one attached hydrogen (secondary N) is 2. The summed E-state index contributed by atoms with van der Waals surface area (Å²) >= 11 is 0.